The van der Waals surface area contributed by atoms with Gasteiger partial charge in [0, 0.05) is 32.2 Å². The molecule has 0 N–H and O–H groups in total. The van der Waals surface area contributed by atoms with E-state index in [1.807, 2.05) is 0 Å². The maximum atomic E-state index is 2.73. The number of rotatable bonds is 3. The van der Waals surface area contributed by atoms with Crippen LogP contribution in [0.4, 0.5) is 0 Å². The lowest BCUT2D eigenvalue weighted by Crippen LogP contribution is -2.52. The summed E-state index contributed by atoms with van der Waals surface area (Å²) in [4.78, 5) is 7.80. The van der Waals surface area contributed by atoms with Gasteiger partial charge in [-0.3, -0.25) is 4.90 Å². The maximum Gasteiger partial charge on any atom is 0.0121 e. The summed E-state index contributed by atoms with van der Waals surface area (Å²) in [7, 11) is 2.24. The van der Waals surface area contributed by atoms with Gasteiger partial charge in [-0.1, -0.05) is 6.92 Å². The van der Waals surface area contributed by atoms with Crippen LogP contribution in [0, 0.1) is 0 Å². The molecule has 0 bridgehead atoms. The van der Waals surface area contributed by atoms with Gasteiger partial charge in [-0.2, -0.15) is 0 Å². The normalized spacial score (nSPS) is 27.4. The van der Waals surface area contributed by atoms with E-state index in [1.165, 1.54) is 65.1 Å². The minimum absolute atomic E-state index is 0.877. The Hall–Kier alpha value is -0.120. The van der Waals surface area contributed by atoms with E-state index in [2.05, 4.69) is 28.7 Å². The zero-order chi connectivity index (χ0) is 11.4. The van der Waals surface area contributed by atoms with Crippen LogP contribution in [0.1, 0.15) is 26.2 Å². The number of likely N-dealkylation sites (tertiary alicyclic amines) is 1. The molecule has 94 valence electrons. The summed E-state index contributed by atoms with van der Waals surface area (Å²) in [6, 6.07) is 0.877. The molecule has 0 aromatic heterocycles. The Labute approximate surface area is 100 Å². The molecule has 2 fully saturated rings. The molecule has 0 spiro atoms. The van der Waals surface area contributed by atoms with E-state index in [4.69, 9.17) is 0 Å². The number of hydrogen-bond donors (Lipinski definition) is 0. The van der Waals surface area contributed by atoms with Crippen LogP contribution in [0.3, 0.4) is 0 Å². The van der Waals surface area contributed by atoms with Gasteiger partial charge >= 0.3 is 0 Å². The molecule has 0 saturated carbocycles. The van der Waals surface area contributed by atoms with Crippen molar-refractivity contribution in [3.8, 4) is 0 Å². The average molecular weight is 225 g/mol. The van der Waals surface area contributed by atoms with E-state index < -0.39 is 0 Å². The molecule has 2 heterocycles. The monoisotopic (exact) mass is 225 g/mol. The van der Waals surface area contributed by atoms with Crippen LogP contribution < -0.4 is 0 Å². The van der Waals surface area contributed by atoms with Crippen molar-refractivity contribution in [3.63, 3.8) is 0 Å². The molecule has 3 nitrogen and oxygen atoms in total. The number of piperidine rings is 1. The SMILES string of the molecule is CCCN1CCC(N2CCN(C)CC2)CC1. The van der Waals surface area contributed by atoms with Crippen molar-refractivity contribution in [2.45, 2.75) is 32.2 Å². The molecular weight excluding hydrogens is 198 g/mol. The summed E-state index contributed by atoms with van der Waals surface area (Å²) >= 11 is 0. The van der Waals surface area contributed by atoms with E-state index >= 15 is 0 Å². The zero-order valence-electron chi connectivity index (χ0n) is 11.0. The minimum Gasteiger partial charge on any atom is -0.304 e. The molecule has 2 aliphatic rings. The number of nitrogens with zero attached hydrogens (tertiary/aromatic N) is 3. The molecular formula is C13H27N3. The number of likely N-dealkylation sites (N-methyl/N-ethyl adjacent to an activating group) is 1. The lowest BCUT2D eigenvalue weighted by Gasteiger charge is -2.42. The predicted octanol–water partition coefficient (Wildman–Crippen LogP) is 1.11. The van der Waals surface area contributed by atoms with Gasteiger partial charge in [-0.15, -0.1) is 0 Å². The standard InChI is InChI=1S/C13H27N3/c1-3-6-15-7-4-13(5-8-15)16-11-9-14(2)10-12-16/h13H,3-12H2,1-2H3. The summed E-state index contributed by atoms with van der Waals surface area (Å²) in [5.74, 6) is 0. The highest BCUT2D eigenvalue weighted by molar-refractivity contribution is 4.82. The van der Waals surface area contributed by atoms with Gasteiger partial charge in [-0.25, -0.2) is 0 Å². The molecule has 0 amide bonds. The molecule has 2 saturated heterocycles. The first kappa shape index (κ1) is 12.3. The molecule has 0 aromatic rings. The fourth-order valence-electron chi connectivity index (χ4n) is 3.01. The Morgan fingerprint density at radius 1 is 0.938 bits per heavy atom. The van der Waals surface area contributed by atoms with Gasteiger partial charge in [0.05, 0.1) is 0 Å². The summed E-state index contributed by atoms with van der Waals surface area (Å²) in [6.45, 7) is 11.3. The van der Waals surface area contributed by atoms with E-state index in [9.17, 15) is 0 Å². The summed E-state index contributed by atoms with van der Waals surface area (Å²) < 4.78 is 0. The van der Waals surface area contributed by atoms with Crippen molar-refractivity contribution in [1.82, 2.24) is 14.7 Å². The largest absolute Gasteiger partial charge is 0.304 e. The fourth-order valence-corrected chi connectivity index (χ4v) is 3.01. The van der Waals surface area contributed by atoms with Crippen LogP contribution in [0.25, 0.3) is 0 Å². The van der Waals surface area contributed by atoms with E-state index in [0.29, 0.717) is 0 Å². The van der Waals surface area contributed by atoms with Gasteiger partial charge in [0.15, 0.2) is 0 Å². The zero-order valence-corrected chi connectivity index (χ0v) is 11.0. The summed E-state index contributed by atoms with van der Waals surface area (Å²) in [5.41, 5.74) is 0. The highest BCUT2D eigenvalue weighted by Crippen LogP contribution is 2.17. The Bertz CT molecular complexity index is 191. The number of piperazine rings is 1. The second kappa shape index (κ2) is 5.99. The molecule has 3 heteroatoms. The highest BCUT2D eigenvalue weighted by atomic mass is 15.3. The van der Waals surface area contributed by atoms with Crippen LogP contribution in [-0.2, 0) is 0 Å². The molecule has 0 atom stereocenters. The molecule has 0 unspecified atom stereocenters. The van der Waals surface area contributed by atoms with E-state index in [-0.39, 0.29) is 0 Å². The topological polar surface area (TPSA) is 9.72 Å². The lowest BCUT2D eigenvalue weighted by atomic mass is 10.0. The predicted molar refractivity (Wildman–Crippen MR) is 68.8 cm³/mol. The van der Waals surface area contributed by atoms with Crippen molar-refractivity contribution >= 4 is 0 Å². The van der Waals surface area contributed by atoms with E-state index in [0.717, 1.165) is 6.04 Å². The van der Waals surface area contributed by atoms with Gasteiger partial charge in [0.2, 0.25) is 0 Å². The summed E-state index contributed by atoms with van der Waals surface area (Å²) in [6.07, 6.45) is 4.09. The van der Waals surface area contributed by atoms with Crippen LogP contribution in [0.2, 0.25) is 0 Å². The molecule has 16 heavy (non-hydrogen) atoms. The molecule has 2 aliphatic heterocycles. The van der Waals surface area contributed by atoms with Crippen molar-refractivity contribution in [2.75, 3.05) is 52.9 Å². The third kappa shape index (κ3) is 3.19. The third-order valence-corrected chi connectivity index (χ3v) is 4.15. The first-order valence-corrected chi connectivity index (χ1v) is 6.94. The minimum atomic E-state index is 0.877. The smallest absolute Gasteiger partial charge is 0.0121 e. The van der Waals surface area contributed by atoms with Gasteiger partial charge in [0.1, 0.15) is 0 Å². The molecule has 0 aliphatic carbocycles. The van der Waals surface area contributed by atoms with Gasteiger partial charge in [-0.05, 0) is 45.9 Å². The second-order valence-electron chi connectivity index (χ2n) is 5.41. The van der Waals surface area contributed by atoms with Crippen LogP contribution >= 0.6 is 0 Å². The van der Waals surface area contributed by atoms with Crippen molar-refractivity contribution < 1.29 is 0 Å². The average Bonchev–Trinajstić information content (AvgIpc) is 2.32. The molecule has 0 aromatic carbocycles. The first-order valence-electron chi connectivity index (χ1n) is 6.94. The Kier molecular flexibility index (Phi) is 4.62. The van der Waals surface area contributed by atoms with E-state index in [1.54, 1.807) is 0 Å². The number of hydrogen-bond acceptors (Lipinski definition) is 3. The highest BCUT2D eigenvalue weighted by Gasteiger charge is 2.25. The van der Waals surface area contributed by atoms with Gasteiger partial charge in [0.25, 0.3) is 0 Å². The van der Waals surface area contributed by atoms with Crippen molar-refractivity contribution in [2.24, 2.45) is 0 Å². The summed E-state index contributed by atoms with van der Waals surface area (Å²) in [5, 5.41) is 0. The quantitative estimate of drug-likeness (QED) is 0.712. The molecule has 0 radical (unpaired) electrons. The van der Waals surface area contributed by atoms with Crippen molar-refractivity contribution in [3.05, 3.63) is 0 Å². The Morgan fingerprint density at radius 3 is 2.12 bits per heavy atom. The van der Waals surface area contributed by atoms with Crippen molar-refractivity contribution in [1.29, 1.82) is 0 Å². The van der Waals surface area contributed by atoms with Crippen LogP contribution in [-0.4, -0.2) is 73.6 Å². The Balaban J connectivity index is 1.72. The maximum absolute atomic E-state index is 2.73. The second-order valence-corrected chi connectivity index (χ2v) is 5.41. The lowest BCUT2D eigenvalue weighted by molar-refractivity contribution is 0.0678. The Morgan fingerprint density at radius 2 is 1.56 bits per heavy atom. The van der Waals surface area contributed by atoms with Crippen LogP contribution in [0.15, 0.2) is 0 Å². The van der Waals surface area contributed by atoms with Crippen LogP contribution in [0.5, 0.6) is 0 Å². The van der Waals surface area contributed by atoms with Gasteiger partial charge < -0.3 is 9.80 Å². The third-order valence-electron chi connectivity index (χ3n) is 4.15. The first-order chi connectivity index (χ1) is 7.79. The fraction of sp³-hybridized carbons (Fsp3) is 1.00. The molecule has 2 rings (SSSR count).